The first kappa shape index (κ1) is 7.80. The molecule has 0 aliphatic carbocycles. The van der Waals surface area contributed by atoms with Crippen molar-refractivity contribution in [3.8, 4) is 6.07 Å². The second-order valence-corrected chi connectivity index (χ2v) is 2.79. The van der Waals surface area contributed by atoms with E-state index < -0.39 is 0 Å². The summed E-state index contributed by atoms with van der Waals surface area (Å²) in [6.07, 6.45) is 1.61. The highest BCUT2D eigenvalue weighted by molar-refractivity contribution is 5.30. The summed E-state index contributed by atoms with van der Waals surface area (Å²) in [5, 5.41) is 12.7. The molecule has 1 rings (SSSR count). The van der Waals surface area contributed by atoms with Crippen molar-refractivity contribution in [3.05, 3.63) is 17.5 Å². The van der Waals surface area contributed by atoms with Crippen molar-refractivity contribution in [3.63, 3.8) is 0 Å². The fourth-order valence-electron chi connectivity index (χ4n) is 1.05. The summed E-state index contributed by atoms with van der Waals surface area (Å²) >= 11 is 0. The van der Waals surface area contributed by atoms with Crippen molar-refractivity contribution in [1.82, 2.24) is 9.78 Å². The lowest BCUT2D eigenvalue weighted by Crippen LogP contribution is -2.04. The van der Waals surface area contributed by atoms with Crippen LogP contribution in [0.4, 0.5) is 0 Å². The predicted molar refractivity (Wildman–Crippen MR) is 42.1 cm³/mol. The Labute approximate surface area is 66.3 Å². The molecule has 0 aliphatic heterocycles. The van der Waals surface area contributed by atoms with E-state index in [0.29, 0.717) is 11.6 Å². The third kappa shape index (κ3) is 1.25. The Morgan fingerprint density at radius 2 is 2.27 bits per heavy atom. The average molecular weight is 149 g/mol. The third-order valence-electron chi connectivity index (χ3n) is 1.65. The minimum Gasteiger partial charge on any atom is -0.266 e. The molecule has 1 heterocycles. The molecule has 3 nitrogen and oxygen atoms in total. The molecule has 0 amide bonds. The zero-order valence-electron chi connectivity index (χ0n) is 7.00. The summed E-state index contributed by atoms with van der Waals surface area (Å²) < 4.78 is 1.85. The molecule has 0 bridgehead atoms. The zero-order valence-corrected chi connectivity index (χ0v) is 7.00. The molecule has 0 atom stereocenters. The first-order valence-electron chi connectivity index (χ1n) is 3.61. The van der Waals surface area contributed by atoms with Crippen LogP contribution < -0.4 is 0 Å². The van der Waals surface area contributed by atoms with E-state index >= 15 is 0 Å². The van der Waals surface area contributed by atoms with Crippen molar-refractivity contribution in [2.45, 2.75) is 26.8 Å². The molecular formula is C8H11N3. The number of nitrogens with zero attached hydrogens (tertiary/aromatic N) is 3. The Morgan fingerprint density at radius 1 is 1.64 bits per heavy atom. The Hall–Kier alpha value is -1.30. The fourth-order valence-corrected chi connectivity index (χ4v) is 1.05. The fraction of sp³-hybridized carbons (Fsp3) is 0.500. The van der Waals surface area contributed by atoms with Crippen LogP contribution in [0.2, 0.25) is 0 Å². The van der Waals surface area contributed by atoms with Crippen molar-refractivity contribution >= 4 is 0 Å². The Morgan fingerprint density at radius 3 is 2.55 bits per heavy atom. The van der Waals surface area contributed by atoms with Crippen molar-refractivity contribution in [1.29, 1.82) is 5.26 Å². The summed E-state index contributed by atoms with van der Waals surface area (Å²) in [4.78, 5) is 0. The monoisotopic (exact) mass is 149 g/mol. The first-order valence-corrected chi connectivity index (χ1v) is 3.61. The van der Waals surface area contributed by atoms with Gasteiger partial charge in [-0.3, -0.25) is 4.68 Å². The molecule has 0 aromatic carbocycles. The van der Waals surface area contributed by atoms with E-state index in [1.54, 1.807) is 6.20 Å². The molecule has 0 fully saturated rings. The van der Waals surface area contributed by atoms with Crippen LogP contribution in [0.15, 0.2) is 6.20 Å². The van der Waals surface area contributed by atoms with Crippen LogP contribution in [0.5, 0.6) is 0 Å². The Kier molecular flexibility index (Phi) is 1.95. The van der Waals surface area contributed by atoms with Gasteiger partial charge < -0.3 is 0 Å². The van der Waals surface area contributed by atoms with Gasteiger partial charge in [-0.2, -0.15) is 10.4 Å². The highest BCUT2D eigenvalue weighted by Crippen LogP contribution is 2.10. The number of rotatable bonds is 1. The largest absolute Gasteiger partial charge is 0.266 e. The van der Waals surface area contributed by atoms with Gasteiger partial charge in [-0.15, -0.1) is 0 Å². The predicted octanol–water partition coefficient (Wildman–Crippen LogP) is 1.64. The van der Waals surface area contributed by atoms with Gasteiger partial charge in [0.05, 0.1) is 17.5 Å². The van der Waals surface area contributed by atoms with Crippen LogP contribution in [0.25, 0.3) is 0 Å². The molecule has 0 N–H and O–H groups in total. The highest BCUT2D eigenvalue weighted by Gasteiger charge is 2.06. The van der Waals surface area contributed by atoms with Crippen LogP contribution in [-0.4, -0.2) is 9.78 Å². The minimum atomic E-state index is 0.331. The summed E-state index contributed by atoms with van der Waals surface area (Å²) in [6, 6.07) is 2.42. The zero-order chi connectivity index (χ0) is 8.43. The molecule has 58 valence electrons. The standard InChI is InChI=1S/C8H11N3/c1-6(2)11-7(3)8(4-9)5-10-11/h5-6H,1-3H3. The molecule has 1 aromatic rings. The SMILES string of the molecule is Cc1c(C#N)cnn1C(C)C. The van der Waals surface area contributed by atoms with Gasteiger partial charge in [0.15, 0.2) is 0 Å². The Balaban J connectivity index is 3.13. The van der Waals surface area contributed by atoms with Gasteiger partial charge in [-0.25, -0.2) is 0 Å². The summed E-state index contributed by atoms with van der Waals surface area (Å²) in [7, 11) is 0. The molecule has 0 aliphatic rings. The van der Waals surface area contributed by atoms with Crippen molar-refractivity contribution < 1.29 is 0 Å². The molecule has 0 radical (unpaired) electrons. The van der Waals surface area contributed by atoms with Crippen molar-refractivity contribution in [2.24, 2.45) is 0 Å². The molecule has 11 heavy (non-hydrogen) atoms. The summed E-state index contributed by atoms with van der Waals surface area (Å²) in [5.74, 6) is 0. The maximum absolute atomic E-state index is 8.61. The van der Waals surface area contributed by atoms with Gasteiger partial charge in [0.25, 0.3) is 0 Å². The average Bonchev–Trinajstić information content (AvgIpc) is 2.30. The molecule has 0 saturated carbocycles. The lowest BCUT2D eigenvalue weighted by Gasteiger charge is -2.06. The molecular weight excluding hydrogens is 138 g/mol. The Bertz CT molecular complexity index is 291. The molecule has 0 unspecified atom stereocenters. The minimum absolute atomic E-state index is 0.331. The number of hydrogen-bond acceptors (Lipinski definition) is 2. The maximum Gasteiger partial charge on any atom is 0.103 e. The number of aromatic nitrogens is 2. The second kappa shape index (κ2) is 2.75. The van der Waals surface area contributed by atoms with Crippen LogP contribution >= 0.6 is 0 Å². The van der Waals surface area contributed by atoms with Crippen LogP contribution in [0.1, 0.15) is 31.1 Å². The highest BCUT2D eigenvalue weighted by atomic mass is 15.3. The number of hydrogen-bond donors (Lipinski definition) is 0. The third-order valence-corrected chi connectivity index (χ3v) is 1.65. The van der Waals surface area contributed by atoms with Crippen LogP contribution in [-0.2, 0) is 0 Å². The van der Waals surface area contributed by atoms with E-state index in [1.165, 1.54) is 0 Å². The molecule has 1 aromatic heterocycles. The smallest absolute Gasteiger partial charge is 0.103 e. The molecule has 0 saturated heterocycles. The van der Waals surface area contributed by atoms with Crippen LogP contribution in [0.3, 0.4) is 0 Å². The number of nitriles is 1. The summed E-state index contributed by atoms with van der Waals surface area (Å²) in [6.45, 7) is 5.99. The second-order valence-electron chi connectivity index (χ2n) is 2.79. The first-order chi connectivity index (χ1) is 5.16. The topological polar surface area (TPSA) is 41.6 Å². The van der Waals surface area contributed by atoms with E-state index in [4.69, 9.17) is 5.26 Å². The lowest BCUT2D eigenvalue weighted by molar-refractivity contribution is 0.519. The van der Waals surface area contributed by atoms with E-state index in [2.05, 4.69) is 11.2 Å². The van der Waals surface area contributed by atoms with Gasteiger partial charge in [-0.05, 0) is 20.8 Å². The molecule has 0 spiro atoms. The van der Waals surface area contributed by atoms with E-state index in [1.807, 2.05) is 25.5 Å². The van der Waals surface area contributed by atoms with Gasteiger partial charge in [0, 0.05) is 6.04 Å². The van der Waals surface area contributed by atoms with Crippen molar-refractivity contribution in [2.75, 3.05) is 0 Å². The maximum atomic E-state index is 8.61. The van der Waals surface area contributed by atoms with E-state index in [0.717, 1.165) is 5.69 Å². The lowest BCUT2D eigenvalue weighted by atomic mass is 10.3. The van der Waals surface area contributed by atoms with Gasteiger partial charge in [-0.1, -0.05) is 0 Å². The normalized spacial score (nSPS) is 10.1. The van der Waals surface area contributed by atoms with E-state index in [-0.39, 0.29) is 0 Å². The molecule has 3 heteroatoms. The summed E-state index contributed by atoms with van der Waals surface area (Å²) in [5.41, 5.74) is 1.61. The van der Waals surface area contributed by atoms with Crippen LogP contribution in [0, 0.1) is 18.3 Å². The quantitative estimate of drug-likeness (QED) is 0.609. The van der Waals surface area contributed by atoms with Gasteiger partial charge >= 0.3 is 0 Å². The van der Waals surface area contributed by atoms with Gasteiger partial charge in [0.1, 0.15) is 6.07 Å². The van der Waals surface area contributed by atoms with Gasteiger partial charge in [0.2, 0.25) is 0 Å². The van der Waals surface area contributed by atoms with E-state index in [9.17, 15) is 0 Å².